The Balaban J connectivity index is 0.00000200. The number of ether oxygens (including phenoxy) is 1. The fourth-order valence-corrected chi connectivity index (χ4v) is 3.10. The number of hydrogen-bond donors (Lipinski definition) is 1. The summed E-state index contributed by atoms with van der Waals surface area (Å²) in [5.41, 5.74) is 0. The molecule has 4 nitrogen and oxygen atoms in total. The first-order chi connectivity index (χ1) is 9.22. The predicted molar refractivity (Wildman–Crippen MR) is 83.1 cm³/mol. The smallest absolute Gasteiger partial charge is 0.251 e. The fraction of sp³-hybridized carbons (Fsp3) is 0.800. The summed E-state index contributed by atoms with van der Waals surface area (Å²) < 4.78 is 5.56. The highest BCUT2D eigenvalue weighted by atomic mass is 35.5. The topological polar surface area (TPSA) is 41.6 Å². The second-order valence-corrected chi connectivity index (χ2v) is 5.67. The van der Waals surface area contributed by atoms with Gasteiger partial charge in [0.2, 0.25) is 0 Å². The lowest BCUT2D eigenvalue weighted by Crippen LogP contribution is -2.40. The molecule has 0 aromatic rings. The number of carbonyl (C=O) groups is 1. The molecule has 0 aliphatic carbocycles. The highest BCUT2D eigenvalue weighted by Crippen LogP contribution is 2.27. The van der Waals surface area contributed by atoms with E-state index in [-0.39, 0.29) is 24.4 Å². The Bertz CT molecular complexity index is 311. The van der Waals surface area contributed by atoms with Gasteiger partial charge in [0, 0.05) is 13.1 Å². The second-order valence-electron chi connectivity index (χ2n) is 5.67. The minimum absolute atomic E-state index is 0. The van der Waals surface area contributed by atoms with Crippen molar-refractivity contribution in [3.63, 3.8) is 0 Å². The van der Waals surface area contributed by atoms with Crippen LogP contribution in [0.3, 0.4) is 0 Å². The third-order valence-corrected chi connectivity index (χ3v) is 4.37. The van der Waals surface area contributed by atoms with Gasteiger partial charge in [-0.1, -0.05) is 6.08 Å². The molecule has 0 aromatic carbocycles. The average molecular weight is 303 g/mol. The number of rotatable bonds is 5. The number of amides is 1. The summed E-state index contributed by atoms with van der Waals surface area (Å²) >= 11 is 0. The zero-order chi connectivity index (χ0) is 13.7. The summed E-state index contributed by atoms with van der Waals surface area (Å²) in [5, 5.41) is 3.46. The van der Waals surface area contributed by atoms with Crippen LogP contribution in [0.1, 0.15) is 26.2 Å². The van der Waals surface area contributed by atoms with Gasteiger partial charge in [-0.15, -0.1) is 19.0 Å². The first-order valence-corrected chi connectivity index (χ1v) is 7.44. The standard InChI is InChI=1S/C15H26N2O2.ClH/c1-3-4-9-19-12(2)15(18)17-7-5-13-10-16-11-14(13)6-8-17;/h3,12-14,16H,1,4-11H2,2H3;1H/t12?,13-,14+;. The molecule has 0 bridgehead atoms. The monoisotopic (exact) mass is 302 g/mol. The summed E-state index contributed by atoms with van der Waals surface area (Å²) in [6.45, 7) is 10.1. The second kappa shape index (κ2) is 8.65. The van der Waals surface area contributed by atoms with Crippen LogP contribution in [0.2, 0.25) is 0 Å². The third kappa shape index (κ3) is 4.47. The number of fused-ring (bicyclic) bond motifs is 1. The molecule has 2 aliphatic rings. The number of halogens is 1. The summed E-state index contributed by atoms with van der Waals surface area (Å²) in [6, 6.07) is 0. The van der Waals surface area contributed by atoms with Crippen molar-refractivity contribution in [1.29, 1.82) is 0 Å². The fourth-order valence-electron chi connectivity index (χ4n) is 3.10. The maximum Gasteiger partial charge on any atom is 0.251 e. The maximum absolute atomic E-state index is 12.3. The van der Waals surface area contributed by atoms with E-state index in [2.05, 4.69) is 11.9 Å². The first-order valence-electron chi connectivity index (χ1n) is 7.44. The number of hydrogen-bond acceptors (Lipinski definition) is 3. The van der Waals surface area contributed by atoms with Gasteiger partial charge in [0.05, 0.1) is 6.61 Å². The molecule has 2 heterocycles. The van der Waals surface area contributed by atoms with Gasteiger partial charge in [0.25, 0.3) is 5.91 Å². The lowest BCUT2D eigenvalue weighted by Gasteiger charge is -2.24. The molecule has 1 unspecified atom stereocenters. The summed E-state index contributed by atoms with van der Waals surface area (Å²) in [4.78, 5) is 14.3. The summed E-state index contributed by atoms with van der Waals surface area (Å²) in [7, 11) is 0. The number of nitrogens with one attached hydrogen (secondary N) is 1. The van der Waals surface area contributed by atoms with Crippen molar-refractivity contribution in [3.05, 3.63) is 12.7 Å². The van der Waals surface area contributed by atoms with Crippen LogP contribution in [-0.2, 0) is 9.53 Å². The molecule has 116 valence electrons. The van der Waals surface area contributed by atoms with E-state index < -0.39 is 0 Å². The first kappa shape index (κ1) is 17.5. The van der Waals surface area contributed by atoms with E-state index in [4.69, 9.17) is 4.74 Å². The van der Waals surface area contributed by atoms with Crippen molar-refractivity contribution in [2.45, 2.75) is 32.3 Å². The van der Waals surface area contributed by atoms with Crippen molar-refractivity contribution in [2.24, 2.45) is 11.8 Å². The molecular formula is C15H27ClN2O2. The van der Waals surface area contributed by atoms with Crippen LogP contribution >= 0.6 is 12.4 Å². The third-order valence-electron chi connectivity index (χ3n) is 4.37. The zero-order valence-corrected chi connectivity index (χ0v) is 13.2. The zero-order valence-electron chi connectivity index (χ0n) is 12.3. The molecular weight excluding hydrogens is 276 g/mol. The highest BCUT2D eigenvalue weighted by molar-refractivity contribution is 5.85. The van der Waals surface area contributed by atoms with Crippen LogP contribution in [0, 0.1) is 11.8 Å². The minimum atomic E-state index is -0.323. The van der Waals surface area contributed by atoms with Gasteiger partial charge in [0.1, 0.15) is 6.10 Å². The Morgan fingerprint density at radius 1 is 1.40 bits per heavy atom. The van der Waals surface area contributed by atoms with Gasteiger partial charge in [0.15, 0.2) is 0 Å². The van der Waals surface area contributed by atoms with Crippen LogP contribution in [-0.4, -0.2) is 49.7 Å². The molecule has 1 amide bonds. The normalized spacial score (nSPS) is 27.1. The molecule has 2 rings (SSSR count). The Morgan fingerprint density at radius 3 is 2.55 bits per heavy atom. The molecule has 0 aromatic heterocycles. The Hall–Kier alpha value is -0.580. The lowest BCUT2D eigenvalue weighted by molar-refractivity contribution is -0.142. The van der Waals surface area contributed by atoms with E-state index in [0.29, 0.717) is 6.61 Å². The maximum atomic E-state index is 12.3. The van der Waals surface area contributed by atoms with Crippen molar-refractivity contribution in [1.82, 2.24) is 10.2 Å². The Labute approximate surface area is 128 Å². The SMILES string of the molecule is C=CCCOC(C)C(=O)N1CC[C@@H]2CNC[C@@H]2CC1.Cl. The van der Waals surface area contributed by atoms with E-state index in [1.165, 1.54) is 0 Å². The van der Waals surface area contributed by atoms with E-state index in [1.807, 2.05) is 17.9 Å². The molecule has 2 saturated heterocycles. The molecule has 2 fully saturated rings. The molecule has 0 spiro atoms. The Kier molecular flexibility index (Phi) is 7.56. The van der Waals surface area contributed by atoms with Crippen molar-refractivity contribution < 1.29 is 9.53 Å². The van der Waals surface area contributed by atoms with Crippen LogP contribution in [0.15, 0.2) is 12.7 Å². The molecule has 3 atom stereocenters. The number of nitrogens with zero attached hydrogens (tertiary/aromatic N) is 1. The quantitative estimate of drug-likeness (QED) is 0.622. The van der Waals surface area contributed by atoms with Crippen LogP contribution in [0.4, 0.5) is 0 Å². The predicted octanol–water partition coefficient (Wildman–Crippen LogP) is 1.85. The van der Waals surface area contributed by atoms with Crippen molar-refractivity contribution in [2.75, 3.05) is 32.8 Å². The molecule has 0 saturated carbocycles. The summed E-state index contributed by atoms with van der Waals surface area (Å²) in [6.07, 6.45) is 4.55. The van der Waals surface area contributed by atoms with Crippen molar-refractivity contribution >= 4 is 18.3 Å². The van der Waals surface area contributed by atoms with Gasteiger partial charge in [-0.25, -0.2) is 0 Å². The van der Waals surface area contributed by atoms with E-state index in [0.717, 1.165) is 57.3 Å². The van der Waals surface area contributed by atoms with Crippen LogP contribution in [0.5, 0.6) is 0 Å². The largest absolute Gasteiger partial charge is 0.368 e. The molecule has 20 heavy (non-hydrogen) atoms. The van der Waals surface area contributed by atoms with E-state index in [9.17, 15) is 4.79 Å². The number of carbonyl (C=O) groups excluding carboxylic acids is 1. The molecule has 0 radical (unpaired) electrons. The average Bonchev–Trinajstić information content (AvgIpc) is 2.77. The Morgan fingerprint density at radius 2 is 2.00 bits per heavy atom. The van der Waals surface area contributed by atoms with E-state index in [1.54, 1.807) is 0 Å². The van der Waals surface area contributed by atoms with Crippen LogP contribution < -0.4 is 5.32 Å². The lowest BCUT2D eigenvalue weighted by atomic mass is 9.92. The van der Waals surface area contributed by atoms with Gasteiger partial charge in [-0.2, -0.15) is 0 Å². The van der Waals surface area contributed by atoms with Gasteiger partial charge < -0.3 is 15.0 Å². The van der Waals surface area contributed by atoms with Gasteiger partial charge in [-0.3, -0.25) is 4.79 Å². The van der Waals surface area contributed by atoms with Crippen LogP contribution in [0.25, 0.3) is 0 Å². The number of likely N-dealkylation sites (tertiary alicyclic amines) is 1. The highest BCUT2D eigenvalue weighted by Gasteiger charge is 2.32. The van der Waals surface area contributed by atoms with Crippen molar-refractivity contribution in [3.8, 4) is 0 Å². The van der Waals surface area contributed by atoms with Gasteiger partial charge >= 0.3 is 0 Å². The van der Waals surface area contributed by atoms with E-state index >= 15 is 0 Å². The molecule has 5 heteroatoms. The molecule has 1 N–H and O–H groups in total. The minimum Gasteiger partial charge on any atom is -0.368 e. The summed E-state index contributed by atoms with van der Waals surface area (Å²) in [5.74, 6) is 1.67. The van der Waals surface area contributed by atoms with Gasteiger partial charge in [-0.05, 0) is 51.1 Å². The molecule has 2 aliphatic heterocycles.